The average Bonchev–Trinajstić information content (AvgIpc) is 3.16. The second-order valence-electron chi connectivity index (χ2n) is 16.3. The molecule has 0 saturated carbocycles. The summed E-state index contributed by atoms with van der Waals surface area (Å²) in [6, 6.07) is 0. The van der Waals surface area contributed by atoms with Gasteiger partial charge in [-0.15, -0.1) is 0 Å². The molecule has 59 heavy (non-hydrogen) atoms. The van der Waals surface area contributed by atoms with Gasteiger partial charge in [-0.25, -0.2) is 16.8 Å². The maximum Gasteiger partial charge on any atom is 2.00 e. The van der Waals surface area contributed by atoms with Crippen molar-refractivity contribution in [2.75, 3.05) is 38.7 Å². The Labute approximate surface area is 394 Å². The zero-order valence-electron chi connectivity index (χ0n) is 38.4. The van der Waals surface area contributed by atoms with E-state index in [-0.39, 0.29) is 75.5 Å². The van der Waals surface area contributed by atoms with Gasteiger partial charge in [0.05, 0.1) is 20.2 Å². The zero-order chi connectivity index (χ0) is 43.6. The molecule has 0 aliphatic rings. The van der Waals surface area contributed by atoms with E-state index in [2.05, 4.69) is 13.8 Å². The summed E-state index contributed by atoms with van der Waals surface area (Å²) in [4.78, 5) is 26.6. The first-order valence-corrected chi connectivity index (χ1v) is 26.6. The van der Waals surface area contributed by atoms with Gasteiger partial charge in [0.15, 0.2) is 0 Å². The van der Waals surface area contributed by atoms with Gasteiger partial charge in [-0.05, 0) is 50.7 Å². The predicted octanol–water partition coefficient (Wildman–Crippen LogP) is 11.2. The third kappa shape index (κ3) is 53.6. The van der Waals surface area contributed by atoms with Crippen LogP contribution >= 0.6 is 0 Å². The van der Waals surface area contributed by atoms with E-state index < -0.39 is 31.7 Å². The Morgan fingerprint density at radius 1 is 0.407 bits per heavy atom. The summed E-state index contributed by atoms with van der Waals surface area (Å²) in [5.74, 6) is -1.13. The van der Waals surface area contributed by atoms with Crippen LogP contribution in [0.3, 0.4) is 0 Å². The van der Waals surface area contributed by atoms with Crippen molar-refractivity contribution in [2.45, 2.75) is 219 Å². The number of nitrogens with zero attached hydrogens (tertiary/aromatic N) is 2. The van der Waals surface area contributed by atoms with Crippen molar-refractivity contribution in [1.29, 1.82) is 0 Å². The van der Waals surface area contributed by atoms with Gasteiger partial charge in [0.1, 0.15) is 0 Å². The van der Waals surface area contributed by atoms with E-state index in [9.17, 15) is 35.5 Å². The number of hydrogen-bond acceptors (Lipinski definition) is 8. The molecule has 0 aromatic carbocycles. The number of allylic oxidation sites excluding steroid dienone is 2. The number of unbranched alkanes of at least 4 members (excludes halogenated alkanes) is 28. The minimum Gasteiger partial charge on any atom is -0.748 e. The number of likely N-dealkylation sites (N-methyl/N-ethyl adjacent to an activating group) is 2. The van der Waals surface area contributed by atoms with Gasteiger partial charge in [0, 0.05) is 38.7 Å². The molecule has 0 atom stereocenters. The Kier molecular flexibility index (Phi) is 48.4. The Morgan fingerprint density at radius 2 is 0.627 bits per heavy atom. The molecule has 0 aliphatic heterocycles. The Hall–Kier alpha value is -0.500. The van der Waals surface area contributed by atoms with E-state index in [1.807, 2.05) is 12.2 Å². The Bertz CT molecular complexity index is 1140. The van der Waals surface area contributed by atoms with Gasteiger partial charge in [-0.1, -0.05) is 193 Å². The molecular formula is C46H88CaN2O8S2. The molecule has 0 N–H and O–H groups in total. The fraction of sp³-hybridized carbons (Fsp3) is 0.870. The van der Waals surface area contributed by atoms with Gasteiger partial charge in [-0.2, -0.15) is 0 Å². The monoisotopic (exact) mass is 901 g/mol. The van der Waals surface area contributed by atoms with Gasteiger partial charge in [0.25, 0.3) is 0 Å². The molecule has 10 nitrogen and oxygen atoms in total. The van der Waals surface area contributed by atoms with Crippen LogP contribution in [0.4, 0.5) is 0 Å². The topological polar surface area (TPSA) is 155 Å². The van der Waals surface area contributed by atoms with Crippen molar-refractivity contribution in [3.8, 4) is 0 Å². The molecule has 0 spiro atoms. The third-order valence-corrected chi connectivity index (χ3v) is 12.1. The van der Waals surface area contributed by atoms with Crippen LogP contribution in [0.15, 0.2) is 24.3 Å². The standard InChI is InChI=1S/2C23H45NO4S.Ca/c2*1-3-4-5-6-7-8-9-10-11-12-13-14-15-16-17-18-20-23(25)24(2)21-19-22-29(26,27)28;/h2*18,20H,3-17,19,21-22H2,1-2H3,(H,26,27,28);/q;;+2/p-2/b2*20-18+;. The molecule has 0 bridgehead atoms. The fourth-order valence-electron chi connectivity index (χ4n) is 6.71. The number of carbonyl (C=O) groups is 2. The van der Waals surface area contributed by atoms with Crippen LogP contribution in [0.1, 0.15) is 219 Å². The first-order chi connectivity index (χ1) is 27.7. The summed E-state index contributed by atoms with van der Waals surface area (Å²) in [5, 5.41) is 0. The van der Waals surface area contributed by atoms with Crippen LogP contribution in [-0.4, -0.2) is 124 Å². The second-order valence-corrected chi connectivity index (χ2v) is 19.4. The largest absolute Gasteiger partial charge is 2.00 e. The quantitative estimate of drug-likeness (QED) is 0.0255. The van der Waals surface area contributed by atoms with E-state index in [0.29, 0.717) is 0 Å². The molecule has 0 heterocycles. The van der Waals surface area contributed by atoms with Gasteiger partial charge >= 0.3 is 37.7 Å². The molecule has 0 fully saturated rings. The summed E-state index contributed by atoms with van der Waals surface area (Å²) in [5.41, 5.74) is 0. The van der Waals surface area contributed by atoms with Crippen LogP contribution in [0.5, 0.6) is 0 Å². The minimum atomic E-state index is -4.20. The third-order valence-electron chi connectivity index (χ3n) is 10.5. The molecule has 0 unspecified atom stereocenters. The number of hydrogen-bond donors (Lipinski definition) is 0. The van der Waals surface area contributed by atoms with Crippen molar-refractivity contribution in [3.63, 3.8) is 0 Å². The van der Waals surface area contributed by atoms with Crippen LogP contribution in [0, 0.1) is 0 Å². The van der Waals surface area contributed by atoms with Crippen LogP contribution in [0.25, 0.3) is 0 Å². The molecule has 0 aromatic heterocycles. The van der Waals surface area contributed by atoms with Crippen molar-refractivity contribution in [1.82, 2.24) is 9.80 Å². The van der Waals surface area contributed by atoms with Crippen LogP contribution in [0.2, 0.25) is 0 Å². The Balaban J connectivity index is -0.00000105. The molecule has 0 aromatic rings. The van der Waals surface area contributed by atoms with Crippen molar-refractivity contribution >= 4 is 69.8 Å². The summed E-state index contributed by atoms with van der Waals surface area (Å²) >= 11 is 0. The van der Waals surface area contributed by atoms with Crippen LogP contribution in [-0.2, 0) is 29.8 Å². The number of carbonyl (C=O) groups excluding carboxylic acids is 2. The molecular weight excluding hydrogens is 813 g/mol. The van der Waals surface area contributed by atoms with E-state index in [1.54, 1.807) is 26.2 Å². The minimum absolute atomic E-state index is 0. The first kappa shape index (κ1) is 62.8. The van der Waals surface area contributed by atoms with Crippen molar-refractivity contribution in [3.05, 3.63) is 24.3 Å². The normalized spacial score (nSPS) is 11.8. The first-order valence-electron chi connectivity index (χ1n) is 23.4. The summed E-state index contributed by atoms with van der Waals surface area (Å²) in [7, 11) is -5.15. The van der Waals surface area contributed by atoms with E-state index in [4.69, 9.17) is 0 Å². The van der Waals surface area contributed by atoms with E-state index in [0.717, 1.165) is 25.7 Å². The molecule has 0 saturated heterocycles. The second kappa shape index (κ2) is 45.5. The van der Waals surface area contributed by atoms with Crippen molar-refractivity contribution in [2.24, 2.45) is 0 Å². The van der Waals surface area contributed by atoms with Gasteiger partial charge in [0.2, 0.25) is 11.8 Å². The van der Waals surface area contributed by atoms with Crippen LogP contribution < -0.4 is 0 Å². The molecule has 344 valence electrons. The van der Waals surface area contributed by atoms with E-state index >= 15 is 0 Å². The number of amides is 2. The molecule has 0 aliphatic carbocycles. The van der Waals surface area contributed by atoms with Gasteiger partial charge in [-0.3, -0.25) is 9.59 Å². The molecule has 0 rings (SSSR count). The molecule has 0 radical (unpaired) electrons. The van der Waals surface area contributed by atoms with Crippen molar-refractivity contribution < 1.29 is 35.5 Å². The van der Waals surface area contributed by atoms with Gasteiger partial charge < -0.3 is 18.9 Å². The summed E-state index contributed by atoms with van der Waals surface area (Å²) in [6.45, 7) is 5.09. The maximum atomic E-state index is 11.9. The Morgan fingerprint density at radius 3 is 0.847 bits per heavy atom. The fourth-order valence-corrected chi connectivity index (χ4v) is 7.68. The summed E-state index contributed by atoms with van der Waals surface area (Å²) < 4.78 is 63.3. The average molecular weight is 901 g/mol. The predicted molar refractivity (Wildman–Crippen MR) is 248 cm³/mol. The SMILES string of the molecule is CCCCCCCCCCCCCCCC/C=C/C(=O)N(C)CCCS(=O)(=O)[O-].CCCCCCCCCCCCCCCC/C=C/C(=O)N(C)CCCS(=O)(=O)[O-].[Ca+2]. The summed E-state index contributed by atoms with van der Waals surface area (Å²) in [6.07, 6.45) is 46.5. The smallest absolute Gasteiger partial charge is 0.748 e. The zero-order valence-corrected chi connectivity index (χ0v) is 42.3. The molecule has 13 heteroatoms. The maximum absolute atomic E-state index is 11.9. The molecule has 2 amide bonds. The number of rotatable bonds is 40. The van der Waals surface area contributed by atoms with E-state index in [1.165, 1.54) is 177 Å².